The number of amides is 3. The lowest BCUT2D eigenvalue weighted by atomic mass is 10.1. The number of hydrogen-bond acceptors (Lipinski definition) is 4. The first kappa shape index (κ1) is 15.5. The van der Waals surface area contributed by atoms with E-state index in [1.54, 1.807) is 23.1 Å². The molecule has 1 aromatic heterocycles. The summed E-state index contributed by atoms with van der Waals surface area (Å²) in [4.78, 5) is 44.7. The molecule has 2 aliphatic heterocycles. The summed E-state index contributed by atoms with van der Waals surface area (Å²) in [7, 11) is 0. The maximum atomic E-state index is 12.7. The van der Waals surface area contributed by atoms with Crippen LogP contribution in [0.2, 0.25) is 0 Å². The lowest BCUT2D eigenvalue weighted by molar-refractivity contribution is 0.0573. The average Bonchev–Trinajstić information content (AvgIpc) is 3.19. The molecule has 1 fully saturated rings. The van der Waals surface area contributed by atoms with Crippen molar-refractivity contribution in [2.75, 3.05) is 13.1 Å². The number of aryl methyl sites for hydroxylation is 1. The van der Waals surface area contributed by atoms with Crippen molar-refractivity contribution >= 4 is 17.7 Å². The first-order valence-electron chi connectivity index (χ1n) is 8.25. The highest BCUT2D eigenvalue weighted by Gasteiger charge is 2.43. The van der Waals surface area contributed by atoms with Gasteiger partial charge < -0.3 is 4.90 Å². The van der Waals surface area contributed by atoms with Gasteiger partial charge in [-0.05, 0) is 37.6 Å². The lowest BCUT2D eigenvalue weighted by Gasteiger charge is -2.22. The maximum Gasteiger partial charge on any atom is 0.280 e. The third-order valence-corrected chi connectivity index (χ3v) is 4.76. The summed E-state index contributed by atoms with van der Waals surface area (Å²) in [5, 5.41) is 0. The molecule has 0 spiro atoms. The number of aromatic nitrogens is 1. The zero-order valence-corrected chi connectivity index (χ0v) is 13.8. The molecule has 0 aliphatic carbocycles. The van der Waals surface area contributed by atoms with Crippen molar-refractivity contribution in [1.82, 2.24) is 14.8 Å². The number of nitrogens with zero attached hydrogens (tertiary/aromatic N) is 3. The minimum atomic E-state index is -0.365. The van der Waals surface area contributed by atoms with Crippen LogP contribution in [0.4, 0.5) is 0 Å². The monoisotopic (exact) mass is 335 g/mol. The van der Waals surface area contributed by atoms with Crippen LogP contribution >= 0.6 is 0 Å². The Bertz CT molecular complexity index is 858. The van der Waals surface area contributed by atoms with Crippen LogP contribution in [0.15, 0.2) is 42.6 Å². The molecule has 1 atom stereocenters. The minimum absolute atomic E-state index is 0.0686. The molecule has 2 aromatic rings. The number of rotatable bonds is 2. The van der Waals surface area contributed by atoms with Gasteiger partial charge in [0.1, 0.15) is 5.69 Å². The summed E-state index contributed by atoms with van der Waals surface area (Å²) in [6.07, 6.45) is 2.10. The van der Waals surface area contributed by atoms with E-state index in [2.05, 4.69) is 4.98 Å². The molecule has 2 aliphatic rings. The summed E-state index contributed by atoms with van der Waals surface area (Å²) >= 11 is 0. The topological polar surface area (TPSA) is 70.6 Å². The third kappa shape index (κ3) is 2.50. The largest absolute Gasteiger partial charge is 0.336 e. The molecule has 6 heteroatoms. The zero-order valence-electron chi connectivity index (χ0n) is 13.8. The van der Waals surface area contributed by atoms with E-state index in [4.69, 9.17) is 0 Å². The second kappa shape index (κ2) is 5.81. The van der Waals surface area contributed by atoms with E-state index in [0.717, 1.165) is 5.56 Å². The quantitative estimate of drug-likeness (QED) is 0.786. The van der Waals surface area contributed by atoms with Gasteiger partial charge in [-0.1, -0.05) is 17.7 Å². The highest BCUT2D eigenvalue weighted by atomic mass is 16.2. The Morgan fingerprint density at radius 2 is 2.00 bits per heavy atom. The maximum absolute atomic E-state index is 12.7. The number of carbonyl (C=O) groups excluding carboxylic acids is 3. The molecule has 6 nitrogen and oxygen atoms in total. The molecule has 3 heterocycles. The van der Waals surface area contributed by atoms with E-state index in [1.807, 2.05) is 25.1 Å². The summed E-state index contributed by atoms with van der Waals surface area (Å²) in [5.74, 6) is -0.751. The number of pyridine rings is 1. The molecule has 126 valence electrons. The van der Waals surface area contributed by atoms with E-state index < -0.39 is 0 Å². The van der Waals surface area contributed by atoms with Crippen molar-refractivity contribution in [2.24, 2.45) is 0 Å². The predicted octanol–water partition coefficient (Wildman–Crippen LogP) is 1.90. The van der Waals surface area contributed by atoms with Crippen molar-refractivity contribution < 1.29 is 14.4 Å². The SMILES string of the molecule is Cc1cccc(C(=O)N2CCC(N3C(=O)c4cccnc4C3=O)C2)c1. The Kier molecular flexibility index (Phi) is 3.60. The molecule has 1 unspecified atom stereocenters. The molecule has 0 saturated carbocycles. The number of hydrogen-bond donors (Lipinski definition) is 0. The van der Waals surface area contributed by atoms with Crippen LogP contribution in [0, 0.1) is 6.92 Å². The Balaban J connectivity index is 1.53. The van der Waals surface area contributed by atoms with Crippen molar-refractivity contribution in [1.29, 1.82) is 0 Å². The van der Waals surface area contributed by atoms with Gasteiger partial charge in [-0.2, -0.15) is 0 Å². The van der Waals surface area contributed by atoms with E-state index in [0.29, 0.717) is 30.6 Å². The van der Waals surface area contributed by atoms with Gasteiger partial charge in [0.15, 0.2) is 0 Å². The van der Waals surface area contributed by atoms with Crippen LogP contribution in [0.1, 0.15) is 43.2 Å². The molecular weight excluding hydrogens is 318 g/mol. The number of carbonyl (C=O) groups is 3. The Hall–Kier alpha value is -3.02. The molecule has 1 aromatic carbocycles. The molecule has 3 amide bonds. The van der Waals surface area contributed by atoms with Gasteiger partial charge in [0.2, 0.25) is 0 Å². The van der Waals surface area contributed by atoms with Gasteiger partial charge in [0, 0.05) is 24.8 Å². The number of benzene rings is 1. The fourth-order valence-corrected chi connectivity index (χ4v) is 3.51. The Morgan fingerprint density at radius 3 is 2.76 bits per heavy atom. The second-order valence-corrected chi connectivity index (χ2v) is 6.44. The second-order valence-electron chi connectivity index (χ2n) is 6.44. The average molecular weight is 335 g/mol. The molecule has 0 radical (unpaired) electrons. The van der Waals surface area contributed by atoms with Gasteiger partial charge in [0.05, 0.1) is 11.6 Å². The van der Waals surface area contributed by atoms with Gasteiger partial charge >= 0.3 is 0 Å². The van der Waals surface area contributed by atoms with Crippen molar-refractivity contribution in [3.8, 4) is 0 Å². The zero-order chi connectivity index (χ0) is 17.6. The molecule has 0 N–H and O–H groups in total. The molecule has 0 bridgehead atoms. The van der Waals surface area contributed by atoms with Crippen LogP contribution < -0.4 is 0 Å². The fraction of sp³-hybridized carbons (Fsp3) is 0.263. The number of likely N-dealkylation sites (tertiary alicyclic amines) is 1. The van der Waals surface area contributed by atoms with E-state index in [9.17, 15) is 14.4 Å². The lowest BCUT2D eigenvalue weighted by Crippen LogP contribution is -2.42. The third-order valence-electron chi connectivity index (χ3n) is 4.76. The number of imide groups is 1. The highest BCUT2D eigenvalue weighted by molar-refractivity contribution is 6.20. The van der Waals surface area contributed by atoms with Crippen LogP contribution in [-0.4, -0.2) is 51.6 Å². The highest BCUT2D eigenvalue weighted by Crippen LogP contribution is 2.27. The normalized spacial score (nSPS) is 19.5. The standard InChI is InChI=1S/C19H17N3O3/c1-12-4-2-5-13(10-12)17(23)21-9-7-14(11-21)22-18(24)15-6-3-8-20-16(15)19(22)25/h2-6,8,10,14H,7,9,11H2,1H3. The van der Waals surface area contributed by atoms with Gasteiger partial charge in [0.25, 0.3) is 17.7 Å². The molecular formula is C19H17N3O3. The van der Waals surface area contributed by atoms with Crippen molar-refractivity contribution in [3.63, 3.8) is 0 Å². The van der Waals surface area contributed by atoms with Crippen molar-refractivity contribution in [2.45, 2.75) is 19.4 Å². The number of fused-ring (bicyclic) bond motifs is 1. The predicted molar refractivity (Wildman–Crippen MR) is 90.2 cm³/mol. The van der Waals surface area contributed by atoms with Crippen LogP contribution in [0.3, 0.4) is 0 Å². The fourth-order valence-electron chi connectivity index (χ4n) is 3.51. The van der Waals surface area contributed by atoms with Gasteiger partial charge in [-0.25, -0.2) is 0 Å². The summed E-state index contributed by atoms with van der Waals surface area (Å²) in [6.45, 7) is 2.83. The van der Waals surface area contributed by atoms with Crippen molar-refractivity contribution in [3.05, 3.63) is 65.0 Å². The van der Waals surface area contributed by atoms with E-state index in [-0.39, 0.29) is 29.5 Å². The van der Waals surface area contributed by atoms with E-state index >= 15 is 0 Å². The first-order valence-corrected chi connectivity index (χ1v) is 8.25. The summed E-state index contributed by atoms with van der Waals surface area (Å²) < 4.78 is 0. The molecule has 1 saturated heterocycles. The van der Waals surface area contributed by atoms with Crippen LogP contribution in [0.5, 0.6) is 0 Å². The van der Waals surface area contributed by atoms with Gasteiger partial charge in [-0.15, -0.1) is 0 Å². The summed E-state index contributed by atoms with van der Waals surface area (Å²) in [5.41, 5.74) is 2.20. The Labute approximate surface area is 145 Å². The van der Waals surface area contributed by atoms with E-state index in [1.165, 1.54) is 11.1 Å². The molecule has 25 heavy (non-hydrogen) atoms. The van der Waals surface area contributed by atoms with Crippen LogP contribution in [0.25, 0.3) is 0 Å². The van der Waals surface area contributed by atoms with Crippen LogP contribution in [-0.2, 0) is 0 Å². The minimum Gasteiger partial charge on any atom is -0.336 e. The smallest absolute Gasteiger partial charge is 0.280 e. The summed E-state index contributed by atoms with van der Waals surface area (Å²) in [6, 6.07) is 10.4. The first-order chi connectivity index (χ1) is 12.1. The molecule has 4 rings (SSSR count). The van der Waals surface area contributed by atoms with Gasteiger partial charge in [-0.3, -0.25) is 24.3 Å². The Morgan fingerprint density at radius 1 is 1.16 bits per heavy atom.